The van der Waals surface area contributed by atoms with Gasteiger partial charge in [-0.15, -0.1) is 0 Å². The first-order valence-electron chi connectivity index (χ1n) is 5.85. The Labute approximate surface area is 115 Å². The molecule has 1 atom stereocenters. The molecule has 7 heteroatoms. The molecule has 6 nitrogen and oxygen atoms in total. The number of urea groups is 1. The number of aliphatic carboxylic acids is 1. The molecule has 1 aromatic carbocycles. The van der Waals surface area contributed by atoms with E-state index in [0.717, 1.165) is 6.07 Å². The Morgan fingerprint density at radius 2 is 2.05 bits per heavy atom. The summed E-state index contributed by atoms with van der Waals surface area (Å²) in [7, 11) is 0. The number of halogens is 1. The number of hydrogen-bond donors (Lipinski definition) is 3. The molecule has 1 rings (SSSR count). The van der Waals surface area contributed by atoms with Crippen LogP contribution in [0.2, 0.25) is 0 Å². The molecule has 0 bridgehead atoms. The molecule has 1 aromatic rings. The van der Waals surface area contributed by atoms with Gasteiger partial charge in [0.2, 0.25) is 0 Å². The molecule has 2 amide bonds. The van der Waals surface area contributed by atoms with E-state index in [9.17, 15) is 14.0 Å². The fraction of sp³-hybridized carbons (Fsp3) is 0.308. The molecule has 0 aliphatic heterocycles. The fourth-order valence-corrected chi connectivity index (χ4v) is 1.56. The highest BCUT2D eigenvalue weighted by Crippen LogP contribution is 2.17. The van der Waals surface area contributed by atoms with Crippen molar-refractivity contribution in [2.75, 3.05) is 5.32 Å². The summed E-state index contributed by atoms with van der Waals surface area (Å²) in [6, 6.07) is 3.53. The van der Waals surface area contributed by atoms with Crippen molar-refractivity contribution in [2.24, 2.45) is 5.92 Å². The van der Waals surface area contributed by atoms with E-state index in [0.29, 0.717) is 0 Å². The largest absolute Gasteiger partial charge is 0.480 e. The molecule has 0 radical (unpaired) electrons. The van der Waals surface area contributed by atoms with E-state index < -0.39 is 23.9 Å². The average Bonchev–Trinajstić information content (AvgIpc) is 2.35. The molecule has 0 spiro atoms. The molecule has 3 N–H and O–H groups in total. The van der Waals surface area contributed by atoms with Crippen molar-refractivity contribution in [2.45, 2.75) is 19.9 Å². The van der Waals surface area contributed by atoms with Gasteiger partial charge >= 0.3 is 12.0 Å². The minimum atomic E-state index is -1.17. The fourth-order valence-electron chi connectivity index (χ4n) is 1.56. The van der Waals surface area contributed by atoms with Gasteiger partial charge in [-0.2, -0.15) is 5.26 Å². The van der Waals surface area contributed by atoms with Crippen molar-refractivity contribution in [3.05, 3.63) is 29.6 Å². The Morgan fingerprint density at radius 3 is 2.55 bits per heavy atom. The zero-order chi connectivity index (χ0) is 15.3. The van der Waals surface area contributed by atoms with Gasteiger partial charge in [-0.25, -0.2) is 14.0 Å². The molecule has 0 heterocycles. The zero-order valence-corrected chi connectivity index (χ0v) is 11.0. The Kier molecular flexibility index (Phi) is 5.03. The molecule has 20 heavy (non-hydrogen) atoms. The van der Waals surface area contributed by atoms with Crippen LogP contribution < -0.4 is 10.6 Å². The monoisotopic (exact) mass is 279 g/mol. The second-order valence-electron chi connectivity index (χ2n) is 4.43. The van der Waals surface area contributed by atoms with Gasteiger partial charge in [-0.3, -0.25) is 0 Å². The highest BCUT2D eigenvalue weighted by atomic mass is 19.1. The molecular formula is C13H14FN3O3. The lowest BCUT2D eigenvalue weighted by Gasteiger charge is -2.18. The number of carboxylic acids is 1. The van der Waals surface area contributed by atoms with Crippen LogP contribution in [0.4, 0.5) is 14.9 Å². The smallest absolute Gasteiger partial charge is 0.326 e. The Bertz CT molecular complexity index is 566. The minimum absolute atomic E-state index is 0.0158. The first-order valence-corrected chi connectivity index (χ1v) is 5.85. The summed E-state index contributed by atoms with van der Waals surface area (Å²) < 4.78 is 13.3. The van der Waals surface area contributed by atoms with Gasteiger partial charge in [-0.1, -0.05) is 19.9 Å². The SMILES string of the molecule is CC(C)[C@H](NC(=O)Nc1cccc(F)c1C#N)C(=O)O. The van der Waals surface area contributed by atoms with Crippen molar-refractivity contribution in [3.8, 4) is 6.07 Å². The number of carbonyl (C=O) groups is 2. The van der Waals surface area contributed by atoms with Gasteiger partial charge in [0.15, 0.2) is 0 Å². The lowest BCUT2D eigenvalue weighted by molar-refractivity contribution is -0.140. The standard InChI is InChI=1S/C13H14FN3O3/c1-7(2)11(12(18)19)17-13(20)16-10-5-3-4-9(14)8(10)6-15/h3-5,7,11H,1-2H3,(H,18,19)(H2,16,17,20)/t11-/m0/s1. The number of hydrogen-bond acceptors (Lipinski definition) is 3. The maximum Gasteiger partial charge on any atom is 0.326 e. The third-order valence-corrected chi connectivity index (χ3v) is 2.59. The summed E-state index contributed by atoms with van der Waals surface area (Å²) in [5, 5.41) is 22.3. The van der Waals surface area contributed by atoms with Crippen LogP contribution >= 0.6 is 0 Å². The molecule has 0 saturated carbocycles. The maximum absolute atomic E-state index is 13.3. The van der Waals surface area contributed by atoms with Gasteiger partial charge in [0.1, 0.15) is 23.5 Å². The summed E-state index contributed by atoms with van der Waals surface area (Å²) in [5.41, 5.74) is -0.322. The van der Waals surface area contributed by atoms with Crippen LogP contribution in [-0.2, 0) is 4.79 Å². The van der Waals surface area contributed by atoms with Crippen molar-refractivity contribution in [1.29, 1.82) is 5.26 Å². The first-order chi connectivity index (χ1) is 9.36. The summed E-state index contributed by atoms with van der Waals surface area (Å²) in [4.78, 5) is 22.6. The number of benzene rings is 1. The van der Waals surface area contributed by atoms with Gasteiger partial charge in [0.25, 0.3) is 0 Å². The normalized spacial score (nSPS) is 11.6. The van der Waals surface area contributed by atoms with Crippen LogP contribution in [0, 0.1) is 23.1 Å². The summed E-state index contributed by atoms with van der Waals surface area (Å²) in [6.07, 6.45) is 0. The quantitative estimate of drug-likeness (QED) is 0.783. The topological polar surface area (TPSA) is 102 Å². The highest BCUT2D eigenvalue weighted by molar-refractivity contribution is 5.93. The van der Waals surface area contributed by atoms with Crippen molar-refractivity contribution >= 4 is 17.7 Å². The number of nitrogens with zero attached hydrogens (tertiary/aromatic N) is 1. The van der Waals surface area contributed by atoms with Crippen LogP contribution in [0.25, 0.3) is 0 Å². The van der Waals surface area contributed by atoms with E-state index in [4.69, 9.17) is 10.4 Å². The lowest BCUT2D eigenvalue weighted by atomic mass is 10.1. The van der Waals surface area contributed by atoms with E-state index in [2.05, 4.69) is 10.6 Å². The van der Waals surface area contributed by atoms with E-state index in [1.165, 1.54) is 12.1 Å². The maximum atomic E-state index is 13.3. The molecule has 0 saturated heterocycles. The van der Waals surface area contributed by atoms with Crippen molar-refractivity contribution in [1.82, 2.24) is 5.32 Å². The first kappa shape index (κ1) is 15.4. The molecule has 0 aliphatic carbocycles. The van der Waals surface area contributed by atoms with Crippen LogP contribution in [0.15, 0.2) is 18.2 Å². The van der Waals surface area contributed by atoms with Crippen LogP contribution in [0.3, 0.4) is 0 Å². The molecule has 0 aromatic heterocycles. The average molecular weight is 279 g/mol. The van der Waals surface area contributed by atoms with E-state index in [1.807, 2.05) is 0 Å². The van der Waals surface area contributed by atoms with E-state index >= 15 is 0 Å². The van der Waals surface area contributed by atoms with Crippen LogP contribution in [0.5, 0.6) is 0 Å². The Hall–Kier alpha value is -2.62. The molecule has 106 valence electrons. The second kappa shape index (κ2) is 6.52. The number of rotatable bonds is 4. The number of nitriles is 1. The highest BCUT2D eigenvalue weighted by Gasteiger charge is 2.23. The van der Waals surface area contributed by atoms with Gasteiger partial charge in [0.05, 0.1) is 5.69 Å². The number of nitrogens with one attached hydrogen (secondary N) is 2. The van der Waals surface area contributed by atoms with Gasteiger partial charge in [0, 0.05) is 0 Å². The second-order valence-corrected chi connectivity index (χ2v) is 4.43. The van der Waals surface area contributed by atoms with Crippen LogP contribution in [-0.4, -0.2) is 23.1 Å². The third-order valence-electron chi connectivity index (χ3n) is 2.59. The van der Waals surface area contributed by atoms with E-state index in [1.54, 1.807) is 19.9 Å². The minimum Gasteiger partial charge on any atom is -0.480 e. The summed E-state index contributed by atoms with van der Waals surface area (Å²) in [6.45, 7) is 3.28. The number of amides is 2. The van der Waals surface area contributed by atoms with Crippen LogP contribution in [0.1, 0.15) is 19.4 Å². The van der Waals surface area contributed by atoms with Gasteiger partial charge in [-0.05, 0) is 18.1 Å². The molecule has 0 fully saturated rings. The Balaban J connectivity index is 2.85. The van der Waals surface area contributed by atoms with Gasteiger partial charge < -0.3 is 15.7 Å². The molecular weight excluding hydrogens is 265 g/mol. The summed E-state index contributed by atoms with van der Waals surface area (Å²) in [5.74, 6) is -2.25. The third kappa shape index (κ3) is 3.68. The summed E-state index contributed by atoms with van der Waals surface area (Å²) >= 11 is 0. The van der Waals surface area contributed by atoms with E-state index in [-0.39, 0.29) is 17.2 Å². The number of carbonyl (C=O) groups excluding carboxylic acids is 1. The number of carboxylic acid groups (broad SMARTS) is 1. The Morgan fingerprint density at radius 1 is 1.40 bits per heavy atom. The van der Waals surface area contributed by atoms with Crippen molar-refractivity contribution < 1.29 is 19.1 Å². The predicted octanol–water partition coefficient (Wildman–Crippen LogP) is 1.93. The zero-order valence-electron chi connectivity index (χ0n) is 11.0. The lowest BCUT2D eigenvalue weighted by Crippen LogP contribution is -2.46. The molecule has 0 aliphatic rings. The predicted molar refractivity (Wildman–Crippen MR) is 69.5 cm³/mol. The number of anilines is 1. The van der Waals surface area contributed by atoms with Crippen molar-refractivity contribution in [3.63, 3.8) is 0 Å². The molecule has 0 unspecified atom stereocenters.